The summed E-state index contributed by atoms with van der Waals surface area (Å²) in [7, 11) is 1.30. The molecule has 0 heterocycles. The first-order valence-electron chi connectivity index (χ1n) is 6.98. The van der Waals surface area contributed by atoms with E-state index >= 15 is 0 Å². The Bertz CT molecular complexity index is 714. The third kappa shape index (κ3) is 4.54. The van der Waals surface area contributed by atoms with E-state index in [1.165, 1.54) is 19.2 Å². The Balaban J connectivity index is 1.92. The van der Waals surface area contributed by atoms with E-state index in [9.17, 15) is 14.0 Å². The highest BCUT2D eigenvalue weighted by Gasteiger charge is 2.07. The second-order valence-electron chi connectivity index (χ2n) is 4.93. The van der Waals surface area contributed by atoms with Crippen molar-refractivity contribution in [1.29, 1.82) is 0 Å². The molecule has 0 fully saturated rings. The van der Waals surface area contributed by atoms with E-state index in [2.05, 4.69) is 15.4 Å². The zero-order valence-electron chi connectivity index (χ0n) is 12.9. The minimum atomic E-state index is -0.439. The van der Waals surface area contributed by atoms with Crippen LogP contribution in [-0.2, 0) is 9.53 Å². The number of nitrogens with one attached hydrogen (secondary N) is 2. The lowest BCUT2D eigenvalue weighted by molar-refractivity contribution is -0.114. The molecular weight excluding hydrogens is 299 g/mol. The van der Waals surface area contributed by atoms with Crippen molar-refractivity contribution in [3.63, 3.8) is 0 Å². The molecule has 0 aliphatic carbocycles. The van der Waals surface area contributed by atoms with Gasteiger partial charge in [-0.25, -0.2) is 9.18 Å². The Morgan fingerprint density at radius 3 is 2.48 bits per heavy atom. The van der Waals surface area contributed by atoms with E-state index in [0.29, 0.717) is 16.9 Å². The summed E-state index contributed by atoms with van der Waals surface area (Å²) in [5, 5.41) is 5.57. The molecule has 2 aromatic carbocycles. The topological polar surface area (TPSA) is 67.4 Å². The fraction of sp³-hybridized carbons (Fsp3) is 0.176. The molecule has 0 aromatic heterocycles. The first-order chi connectivity index (χ1) is 11.0. The molecule has 0 saturated carbocycles. The van der Waals surface area contributed by atoms with Crippen molar-refractivity contribution in [2.24, 2.45) is 0 Å². The predicted molar refractivity (Wildman–Crippen MR) is 86.0 cm³/mol. The van der Waals surface area contributed by atoms with E-state index in [1.54, 1.807) is 30.3 Å². The summed E-state index contributed by atoms with van der Waals surface area (Å²) >= 11 is 0. The van der Waals surface area contributed by atoms with E-state index < -0.39 is 5.97 Å². The third-order valence-corrected chi connectivity index (χ3v) is 3.23. The summed E-state index contributed by atoms with van der Waals surface area (Å²) in [4.78, 5) is 23.2. The summed E-state index contributed by atoms with van der Waals surface area (Å²) in [6.45, 7) is 1.83. The Morgan fingerprint density at radius 1 is 1.13 bits per heavy atom. The summed E-state index contributed by atoms with van der Waals surface area (Å²) in [6, 6.07) is 10.7. The van der Waals surface area contributed by atoms with Crippen LogP contribution in [0, 0.1) is 12.7 Å². The maximum atomic E-state index is 13.2. The standard InChI is InChI=1S/C17H17FN2O3/c1-11-3-6-13(18)9-15(11)19-10-16(21)20-14-7-4-12(5-8-14)17(22)23-2/h3-9,19H,10H2,1-2H3,(H,20,21). The van der Waals surface area contributed by atoms with Gasteiger partial charge in [0, 0.05) is 11.4 Å². The number of ether oxygens (including phenoxy) is 1. The average Bonchev–Trinajstić information content (AvgIpc) is 2.55. The van der Waals surface area contributed by atoms with Gasteiger partial charge in [0.25, 0.3) is 0 Å². The fourth-order valence-electron chi connectivity index (χ4n) is 1.97. The minimum absolute atomic E-state index is 0.00302. The number of hydrogen-bond acceptors (Lipinski definition) is 4. The summed E-state index contributed by atoms with van der Waals surface area (Å²) in [5.74, 6) is -1.08. The molecule has 2 rings (SSSR count). The average molecular weight is 316 g/mol. The third-order valence-electron chi connectivity index (χ3n) is 3.23. The number of rotatable bonds is 5. The number of amides is 1. The van der Waals surface area contributed by atoms with Crippen LogP contribution in [0.2, 0.25) is 0 Å². The lowest BCUT2D eigenvalue weighted by Crippen LogP contribution is -2.22. The van der Waals surface area contributed by atoms with Crippen LogP contribution in [0.25, 0.3) is 0 Å². The zero-order chi connectivity index (χ0) is 16.8. The molecule has 0 atom stereocenters. The number of esters is 1. The summed E-state index contributed by atoms with van der Waals surface area (Å²) in [6.07, 6.45) is 0. The van der Waals surface area contributed by atoms with Crippen LogP contribution in [0.15, 0.2) is 42.5 Å². The monoisotopic (exact) mass is 316 g/mol. The second-order valence-corrected chi connectivity index (χ2v) is 4.93. The van der Waals surface area contributed by atoms with Crippen LogP contribution >= 0.6 is 0 Å². The Kier molecular flexibility index (Phi) is 5.30. The largest absolute Gasteiger partial charge is 0.465 e. The van der Waals surface area contributed by atoms with Crippen molar-refractivity contribution in [3.8, 4) is 0 Å². The molecule has 2 aromatic rings. The highest BCUT2D eigenvalue weighted by molar-refractivity contribution is 5.95. The number of carbonyl (C=O) groups excluding carboxylic acids is 2. The molecule has 0 saturated heterocycles. The number of halogens is 1. The van der Waals surface area contributed by atoms with E-state index in [0.717, 1.165) is 5.56 Å². The van der Waals surface area contributed by atoms with Gasteiger partial charge in [-0.05, 0) is 48.9 Å². The van der Waals surface area contributed by atoms with Crippen molar-refractivity contribution in [3.05, 3.63) is 59.4 Å². The van der Waals surface area contributed by atoms with Crippen molar-refractivity contribution >= 4 is 23.3 Å². The van der Waals surface area contributed by atoms with Crippen LogP contribution in [0.1, 0.15) is 15.9 Å². The number of anilines is 2. The SMILES string of the molecule is COC(=O)c1ccc(NC(=O)CNc2cc(F)ccc2C)cc1. The molecule has 2 N–H and O–H groups in total. The van der Waals surface area contributed by atoms with E-state index in [1.807, 2.05) is 6.92 Å². The van der Waals surface area contributed by atoms with Gasteiger partial charge in [0.05, 0.1) is 19.2 Å². The first-order valence-corrected chi connectivity index (χ1v) is 6.98. The maximum absolute atomic E-state index is 13.2. The highest BCUT2D eigenvalue weighted by Crippen LogP contribution is 2.16. The molecule has 0 aliphatic rings. The molecule has 6 heteroatoms. The van der Waals surface area contributed by atoms with Crippen molar-refractivity contribution in [1.82, 2.24) is 0 Å². The zero-order valence-corrected chi connectivity index (χ0v) is 12.9. The number of carbonyl (C=O) groups is 2. The molecular formula is C17H17FN2O3. The Labute approximate surface area is 133 Å². The maximum Gasteiger partial charge on any atom is 0.337 e. The van der Waals surface area contributed by atoms with Gasteiger partial charge in [-0.1, -0.05) is 6.07 Å². The molecule has 23 heavy (non-hydrogen) atoms. The van der Waals surface area contributed by atoms with Gasteiger partial charge in [0.2, 0.25) is 5.91 Å². The number of methoxy groups -OCH3 is 1. The van der Waals surface area contributed by atoms with Crippen LogP contribution in [0.3, 0.4) is 0 Å². The quantitative estimate of drug-likeness (QED) is 0.832. The molecule has 0 bridgehead atoms. The molecule has 0 spiro atoms. The minimum Gasteiger partial charge on any atom is -0.465 e. The van der Waals surface area contributed by atoms with Gasteiger partial charge >= 0.3 is 5.97 Å². The van der Waals surface area contributed by atoms with Gasteiger partial charge < -0.3 is 15.4 Å². The lowest BCUT2D eigenvalue weighted by atomic mass is 10.2. The molecule has 5 nitrogen and oxygen atoms in total. The van der Waals surface area contributed by atoms with Crippen LogP contribution in [0.5, 0.6) is 0 Å². The number of hydrogen-bond donors (Lipinski definition) is 2. The van der Waals surface area contributed by atoms with E-state index in [4.69, 9.17) is 0 Å². The highest BCUT2D eigenvalue weighted by atomic mass is 19.1. The summed E-state index contributed by atoms with van der Waals surface area (Å²) in [5.41, 5.74) is 2.38. The van der Waals surface area contributed by atoms with E-state index in [-0.39, 0.29) is 18.3 Å². The van der Waals surface area contributed by atoms with Crippen LogP contribution < -0.4 is 10.6 Å². The molecule has 0 unspecified atom stereocenters. The fourth-order valence-corrected chi connectivity index (χ4v) is 1.97. The second kappa shape index (κ2) is 7.40. The van der Waals surface area contributed by atoms with Gasteiger partial charge in [0.15, 0.2) is 0 Å². The summed E-state index contributed by atoms with van der Waals surface area (Å²) < 4.78 is 17.8. The van der Waals surface area contributed by atoms with Crippen molar-refractivity contribution in [2.75, 3.05) is 24.3 Å². The normalized spacial score (nSPS) is 10.0. The van der Waals surface area contributed by atoms with Gasteiger partial charge in [0.1, 0.15) is 5.82 Å². The van der Waals surface area contributed by atoms with Crippen molar-refractivity contribution < 1.29 is 18.7 Å². The van der Waals surface area contributed by atoms with Gasteiger partial charge in [-0.3, -0.25) is 4.79 Å². The molecule has 0 aliphatic heterocycles. The number of benzene rings is 2. The van der Waals surface area contributed by atoms with Crippen LogP contribution in [0.4, 0.5) is 15.8 Å². The lowest BCUT2D eigenvalue weighted by Gasteiger charge is -2.10. The van der Waals surface area contributed by atoms with Gasteiger partial charge in [-0.15, -0.1) is 0 Å². The molecule has 120 valence electrons. The number of aryl methyl sites for hydroxylation is 1. The Morgan fingerprint density at radius 2 is 1.83 bits per heavy atom. The predicted octanol–water partition coefficient (Wildman–Crippen LogP) is 2.97. The first kappa shape index (κ1) is 16.5. The smallest absolute Gasteiger partial charge is 0.337 e. The van der Waals surface area contributed by atoms with Gasteiger partial charge in [-0.2, -0.15) is 0 Å². The van der Waals surface area contributed by atoms with Crippen molar-refractivity contribution in [2.45, 2.75) is 6.92 Å². The molecule has 0 radical (unpaired) electrons. The Hall–Kier alpha value is -2.89. The molecule has 1 amide bonds. The van der Waals surface area contributed by atoms with Crippen LogP contribution in [-0.4, -0.2) is 25.5 Å².